The summed E-state index contributed by atoms with van der Waals surface area (Å²) in [6.45, 7) is 3.10. The van der Waals surface area contributed by atoms with Crippen LogP contribution in [0.2, 0.25) is 0 Å². The van der Waals surface area contributed by atoms with Crippen molar-refractivity contribution < 1.29 is 14.6 Å². The molecule has 0 spiro atoms. The number of ether oxygens (including phenoxy) is 1. The lowest BCUT2D eigenvalue weighted by Crippen LogP contribution is -1.98. The van der Waals surface area contributed by atoms with E-state index in [1.165, 1.54) is 0 Å². The lowest BCUT2D eigenvalue weighted by molar-refractivity contribution is 0.0695. The highest BCUT2D eigenvalue weighted by molar-refractivity contribution is 7.11. The molecule has 72 valence electrons. The average Bonchev–Trinajstić information content (AvgIpc) is 2.53. The van der Waals surface area contributed by atoms with Gasteiger partial charge in [-0.2, -0.15) is 0 Å². The van der Waals surface area contributed by atoms with Gasteiger partial charge in [0.25, 0.3) is 0 Å². The number of aromatic carboxylic acids is 1. The van der Waals surface area contributed by atoms with Gasteiger partial charge < -0.3 is 9.84 Å². The van der Waals surface area contributed by atoms with Crippen molar-refractivity contribution in [3.8, 4) is 0 Å². The maximum absolute atomic E-state index is 10.5. The van der Waals surface area contributed by atoms with Crippen LogP contribution in [0.4, 0.5) is 0 Å². The lowest BCUT2D eigenvalue weighted by atomic mass is 10.5. The van der Waals surface area contributed by atoms with E-state index in [0.717, 1.165) is 17.8 Å². The van der Waals surface area contributed by atoms with Gasteiger partial charge in [-0.3, -0.25) is 0 Å². The lowest BCUT2D eigenvalue weighted by Gasteiger charge is -1.97. The Labute approximate surface area is 80.2 Å². The third kappa shape index (κ3) is 3.12. The van der Waals surface area contributed by atoms with E-state index in [1.807, 2.05) is 6.92 Å². The molecule has 0 atom stereocenters. The molecule has 13 heavy (non-hydrogen) atoms. The van der Waals surface area contributed by atoms with Gasteiger partial charge >= 0.3 is 5.97 Å². The SMILES string of the molecule is CCCOCc1csc(C(=O)O)n1. The van der Waals surface area contributed by atoms with Crippen LogP contribution in [0, 0.1) is 0 Å². The largest absolute Gasteiger partial charge is 0.476 e. The molecule has 0 amide bonds. The van der Waals surface area contributed by atoms with Crippen LogP contribution in [0.5, 0.6) is 0 Å². The quantitative estimate of drug-likeness (QED) is 0.737. The topological polar surface area (TPSA) is 59.4 Å². The fraction of sp³-hybridized carbons (Fsp3) is 0.500. The minimum absolute atomic E-state index is 0.120. The fourth-order valence-corrected chi connectivity index (χ4v) is 1.43. The van der Waals surface area contributed by atoms with E-state index in [-0.39, 0.29) is 5.01 Å². The van der Waals surface area contributed by atoms with Crippen LogP contribution in [-0.4, -0.2) is 22.7 Å². The molecule has 1 aromatic rings. The van der Waals surface area contributed by atoms with Gasteiger partial charge in [0.15, 0.2) is 0 Å². The summed E-state index contributed by atoms with van der Waals surface area (Å²) in [4.78, 5) is 14.3. The molecule has 1 aromatic heterocycles. The summed E-state index contributed by atoms with van der Waals surface area (Å²) in [6.07, 6.45) is 0.954. The Bertz CT molecular complexity index is 285. The van der Waals surface area contributed by atoms with Crippen LogP contribution in [0.1, 0.15) is 28.8 Å². The molecule has 0 saturated carbocycles. The number of carboxylic acid groups (broad SMARTS) is 1. The molecule has 1 rings (SSSR count). The molecule has 0 aliphatic heterocycles. The summed E-state index contributed by atoms with van der Waals surface area (Å²) in [5.74, 6) is -0.980. The molecule has 1 N–H and O–H groups in total. The van der Waals surface area contributed by atoms with Crippen LogP contribution >= 0.6 is 11.3 Å². The molecule has 0 radical (unpaired) electrons. The minimum atomic E-state index is -0.980. The number of carboxylic acids is 1. The second-order valence-electron chi connectivity index (χ2n) is 2.50. The summed E-state index contributed by atoms with van der Waals surface area (Å²) in [6, 6.07) is 0. The van der Waals surface area contributed by atoms with Crippen molar-refractivity contribution in [2.75, 3.05) is 6.61 Å². The van der Waals surface area contributed by atoms with Crippen LogP contribution in [0.3, 0.4) is 0 Å². The highest BCUT2D eigenvalue weighted by Gasteiger charge is 2.08. The van der Waals surface area contributed by atoms with E-state index in [2.05, 4.69) is 4.98 Å². The summed E-state index contributed by atoms with van der Waals surface area (Å²) >= 11 is 1.13. The second kappa shape index (κ2) is 4.94. The van der Waals surface area contributed by atoms with E-state index < -0.39 is 5.97 Å². The van der Waals surface area contributed by atoms with Crippen molar-refractivity contribution in [1.82, 2.24) is 4.98 Å². The first-order valence-electron chi connectivity index (χ1n) is 3.99. The smallest absolute Gasteiger partial charge is 0.365 e. The highest BCUT2D eigenvalue weighted by atomic mass is 32.1. The molecular weight excluding hydrogens is 190 g/mol. The van der Waals surface area contributed by atoms with E-state index in [4.69, 9.17) is 9.84 Å². The summed E-state index contributed by atoms with van der Waals surface area (Å²) in [7, 11) is 0. The Morgan fingerprint density at radius 3 is 3.08 bits per heavy atom. The van der Waals surface area contributed by atoms with Crippen molar-refractivity contribution in [2.45, 2.75) is 20.0 Å². The van der Waals surface area contributed by atoms with E-state index >= 15 is 0 Å². The van der Waals surface area contributed by atoms with Gasteiger partial charge in [0.2, 0.25) is 5.01 Å². The molecule has 0 bridgehead atoms. The standard InChI is InChI=1S/C8H11NO3S/c1-2-3-12-4-6-5-13-7(9-6)8(10)11/h5H,2-4H2,1H3,(H,10,11). The van der Waals surface area contributed by atoms with Crippen LogP contribution < -0.4 is 0 Å². The molecule has 0 fully saturated rings. The van der Waals surface area contributed by atoms with Gasteiger partial charge in [0.05, 0.1) is 12.3 Å². The molecule has 0 saturated heterocycles. The number of nitrogens with zero attached hydrogens (tertiary/aromatic N) is 1. The predicted octanol–water partition coefficient (Wildman–Crippen LogP) is 1.77. The zero-order chi connectivity index (χ0) is 9.68. The van der Waals surface area contributed by atoms with Crippen molar-refractivity contribution in [1.29, 1.82) is 0 Å². The monoisotopic (exact) mass is 201 g/mol. The van der Waals surface area contributed by atoms with Gasteiger partial charge in [0.1, 0.15) is 0 Å². The molecule has 4 nitrogen and oxygen atoms in total. The maximum Gasteiger partial charge on any atom is 0.365 e. The first kappa shape index (κ1) is 10.1. The van der Waals surface area contributed by atoms with Crippen molar-refractivity contribution in [3.05, 3.63) is 16.1 Å². The molecular formula is C8H11NO3S. The van der Waals surface area contributed by atoms with Crippen molar-refractivity contribution in [3.63, 3.8) is 0 Å². The number of aromatic nitrogens is 1. The zero-order valence-corrected chi connectivity index (χ0v) is 8.13. The van der Waals surface area contributed by atoms with Crippen LogP contribution in [0.25, 0.3) is 0 Å². The molecule has 0 aliphatic rings. The van der Waals surface area contributed by atoms with Crippen LogP contribution in [-0.2, 0) is 11.3 Å². The first-order chi connectivity index (χ1) is 6.24. The normalized spacial score (nSPS) is 10.2. The van der Waals surface area contributed by atoms with Gasteiger partial charge in [-0.05, 0) is 6.42 Å². The summed E-state index contributed by atoms with van der Waals surface area (Å²) < 4.78 is 5.21. The highest BCUT2D eigenvalue weighted by Crippen LogP contribution is 2.10. The first-order valence-corrected chi connectivity index (χ1v) is 4.87. The minimum Gasteiger partial charge on any atom is -0.476 e. The number of hydrogen-bond acceptors (Lipinski definition) is 4. The van der Waals surface area contributed by atoms with Crippen molar-refractivity contribution >= 4 is 17.3 Å². The number of thiazole rings is 1. The Morgan fingerprint density at radius 1 is 1.77 bits per heavy atom. The average molecular weight is 201 g/mol. The molecule has 5 heteroatoms. The third-order valence-corrected chi connectivity index (χ3v) is 2.21. The van der Waals surface area contributed by atoms with Gasteiger partial charge in [-0.25, -0.2) is 9.78 Å². The number of rotatable bonds is 5. The Kier molecular flexibility index (Phi) is 3.85. The third-order valence-electron chi connectivity index (χ3n) is 1.33. The summed E-state index contributed by atoms with van der Waals surface area (Å²) in [5.41, 5.74) is 0.691. The molecule has 0 unspecified atom stereocenters. The second-order valence-corrected chi connectivity index (χ2v) is 3.36. The van der Waals surface area contributed by atoms with Gasteiger partial charge in [0, 0.05) is 12.0 Å². The van der Waals surface area contributed by atoms with E-state index in [9.17, 15) is 4.79 Å². The molecule has 0 aliphatic carbocycles. The number of carbonyl (C=O) groups is 1. The Hall–Kier alpha value is -0.940. The fourth-order valence-electron chi connectivity index (χ4n) is 0.793. The number of hydrogen-bond donors (Lipinski definition) is 1. The van der Waals surface area contributed by atoms with Crippen molar-refractivity contribution in [2.24, 2.45) is 0 Å². The zero-order valence-electron chi connectivity index (χ0n) is 7.32. The van der Waals surface area contributed by atoms with Gasteiger partial charge in [-0.1, -0.05) is 6.92 Å². The van der Waals surface area contributed by atoms with Gasteiger partial charge in [-0.15, -0.1) is 11.3 Å². The Morgan fingerprint density at radius 2 is 2.54 bits per heavy atom. The molecule has 0 aromatic carbocycles. The van der Waals surface area contributed by atoms with Crippen LogP contribution in [0.15, 0.2) is 5.38 Å². The summed E-state index contributed by atoms with van der Waals surface area (Å²) in [5, 5.41) is 10.4. The van der Waals surface area contributed by atoms with E-state index in [0.29, 0.717) is 18.9 Å². The maximum atomic E-state index is 10.5. The predicted molar refractivity (Wildman–Crippen MR) is 49.0 cm³/mol. The molecule has 1 heterocycles. The Balaban J connectivity index is 2.44. The van der Waals surface area contributed by atoms with E-state index in [1.54, 1.807) is 5.38 Å².